The zero-order chi connectivity index (χ0) is 9.14. The number of benzene rings is 1. The smallest absolute Gasteiger partial charge is 0.271 e. The fourth-order valence-electron chi connectivity index (χ4n) is 0.882. The van der Waals surface area contributed by atoms with E-state index in [0.29, 0.717) is 12.2 Å². The molecule has 0 saturated heterocycles. The molecular formula is C7H11Cl2N3O2. The number of rotatable bonds is 2. The van der Waals surface area contributed by atoms with E-state index >= 15 is 0 Å². The predicted octanol–water partition coefficient (Wildman–Crippen LogP) is 1.48. The molecular weight excluding hydrogens is 229 g/mol. The van der Waals surface area contributed by atoms with Gasteiger partial charge in [0.25, 0.3) is 5.69 Å². The fraction of sp³-hybridized carbons (Fsp3) is 0.143. The van der Waals surface area contributed by atoms with Gasteiger partial charge in [-0.1, -0.05) is 0 Å². The first kappa shape index (κ1) is 15.4. The average Bonchev–Trinajstić information content (AvgIpc) is 2.04. The molecule has 4 N–H and O–H groups in total. The summed E-state index contributed by atoms with van der Waals surface area (Å²) in [7, 11) is 0. The van der Waals surface area contributed by atoms with Gasteiger partial charge < -0.3 is 11.5 Å². The molecule has 1 aromatic rings. The maximum Gasteiger partial charge on any atom is 0.271 e. The predicted molar refractivity (Wildman–Crippen MR) is 59.9 cm³/mol. The molecule has 80 valence electrons. The zero-order valence-electron chi connectivity index (χ0n) is 7.17. The summed E-state index contributed by atoms with van der Waals surface area (Å²) < 4.78 is 0. The largest absolute Gasteiger partial charge is 0.398 e. The molecule has 1 rings (SSSR count). The molecule has 0 aliphatic carbocycles. The number of hydrogen-bond donors (Lipinski definition) is 2. The van der Waals surface area contributed by atoms with Crippen LogP contribution in [0.2, 0.25) is 0 Å². The molecule has 0 aliphatic heterocycles. The van der Waals surface area contributed by atoms with Gasteiger partial charge in [-0.3, -0.25) is 10.1 Å². The standard InChI is InChI=1S/C7H9N3O2.2ClH/c8-4-5-1-2-6(10(11)12)3-7(5)9;;/h1-3H,4,8-9H2;2*1H. The summed E-state index contributed by atoms with van der Waals surface area (Å²) >= 11 is 0. The number of halogens is 2. The molecule has 5 nitrogen and oxygen atoms in total. The van der Waals surface area contributed by atoms with E-state index < -0.39 is 4.92 Å². The molecule has 0 amide bonds. The molecule has 1 aromatic carbocycles. The highest BCUT2D eigenvalue weighted by Gasteiger charge is 2.06. The number of hydrogen-bond acceptors (Lipinski definition) is 4. The van der Waals surface area contributed by atoms with Crippen molar-refractivity contribution in [3.8, 4) is 0 Å². The zero-order valence-corrected chi connectivity index (χ0v) is 8.81. The lowest BCUT2D eigenvalue weighted by atomic mass is 10.1. The van der Waals surface area contributed by atoms with Crippen LogP contribution in [0.15, 0.2) is 18.2 Å². The lowest BCUT2D eigenvalue weighted by molar-refractivity contribution is -0.384. The summed E-state index contributed by atoms with van der Waals surface area (Å²) in [6.07, 6.45) is 0. The van der Waals surface area contributed by atoms with Gasteiger partial charge >= 0.3 is 0 Å². The van der Waals surface area contributed by atoms with E-state index in [1.165, 1.54) is 12.1 Å². The van der Waals surface area contributed by atoms with Crippen LogP contribution in [0, 0.1) is 10.1 Å². The van der Waals surface area contributed by atoms with E-state index in [4.69, 9.17) is 11.5 Å². The quantitative estimate of drug-likeness (QED) is 0.465. The lowest BCUT2D eigenvalue weighted by Crippen LogP contribution is -2.02. The van der Waals surface area contributed by atoms with E-state index in [-0.39, 0.29) is 30.5 Å². The third-order valence-corrected chi connectivity index (χ3v) is 1.56. The molecule has 0 fully saturated rings. The molecule has 0 aliphatic rings. The highest BCUT2D eigenvalue weighted by atomic mass is 35.5. The first-order valence-corrected chi connectivity index (χ1v) is 3.38. The Morgan fingerprint density at radius 2 is 1.93 bits per heavy atom. The van der Waals surface area contributed by atoms with Crippen LogP contribution in [0.3, 0.4) is 0 Å². The van der Waals surface area contributed by atoms with Crippen LogP contribution in [0.4, 0.5) is 11.4 Å². The molecule has 0 saturated carbocycles. The van der Waals surface area contributed by atoms with Gasteiger partial charge in [0.15, 0.2) is 0 Å². The molecule has 0 bridgehead atoms. The van der Waals surface area contributed by atoms with Crippen molar-refractivity contribution in [1.29, 1.82) is 0 Å². The summed E-state index contributed by atoms with van der Waals surface area (Å²) in [4.78, 5) is 9.78. The van der Waals surface area contributed by atoms with Gasteiger partial charge in [0.2, 0.25) is 0 Å². The Morgan fingerprint density at radius 3 is 2.29 bits per heavy atom. The molecule has 0 heterocycles. The van der Waals surface area contributed by atoms with Gasteiger partial charge in [0, 0.05) is 24.4 Å². The van der Waals surface area contributed by atoms with E-state index in [1.807, 2.05) is 0 Å². The van der Waals surface area contributed by atoms with Gasteiger partial charge in [0.1, 0.15) is 0 Å². The normalized spacial score (nSPS) is 8.36. The minimum absolute atomic E-state index is 0. The Balaban J connectivity index is 0. The monoisotopic (exact) mass is 239 g/mol. The third-order valence-electron chi connectivity index (χ3n) is 1.56. The molecule has 0 atom stereocenters. The van der Waals surface area contributed by atoms with Gasteiger partial charge in [-0.05, 0) is 11.6 Å². The average molecular weight is 240 g/mol. The fourth-order valence-corrected chi connectivity index (χ4v) is 0.882. The summed E-state index contributed by atoms with van der Waals surface area (Å²) in [5.74, 6) is 0. The van der Waals surface area contributed by atoms with Crippen LogP contribution >= 0.6 is 24.8 Å². The van der Waals surface area contributed by atoms with Crippen molar-refractivity contribution in [2.45, 2.75) is 6.54 Å². The van der Waals surface area contributed by atoms with Crippen LogP contribution in [0.1, 0.15) is 5.56 Å². The number of nitrogens with two attached hydrogens (primary N) is 2. The maximum atomic E-state index is 10.3. The lowest BCUT2D eigenvalue weighted by Gasteiger charge is -2.00. The van der Waals surface area contributed by atoms with E-state index in [9.17, 15) is 10.1 Å². The molecule has 0 aromatic heterocycles. The molecule has 14 heavy (non-hydrogen) atoms. The number of anilines is 1. The third kappa shape index (κ3) is 3.37. The highest BCUT2D eigenvalue weighted by molar-refractivity contribution is 5.85. The second-order valence-electron chi connectivity index (χ2n) is 2.34. The highest BCUT2D eigenvalue weighted by Crippen LogP contribution is 2.18. The SMILES string of the molecule is Cl.Cl.NCc1ccc([N+](=O)[O-])cc1N. The van der Waals surface area contributed by atoms with Crippen molar-refractivity contribution in [2.75, 3.05) is 5.73 Å². The van der Waals surface area contributed by atoms with Crippen molar-refractivity contribution < 1.29 is 4.92 Å². The Kier molecular flexibility index (Phi) is 7.08. The first-order chi connectivity index (χ1) is 5.65. The Hall–Kier alpha value is -1.04. The molecule has 0 spiro atoms. The summed E-state index contributed by atoms with van der Waals surface area (Å²) in [6, 6.07) is 4.26. The topological polar surface area (TPSA) is 95.2 Å². The number of nitro benzene ring substituents is 1. The summed E-state index contributed by atoms with van der Waals surface area (Å²) in [5.41, 5.74) is 11.9. The van der Waals surface area contributed by atoms with Crippen molar-refractivity contribution in [1.82, 2.24) is 0 Å². The first-order valence-electron chi connectivity index (χ1n) is 3.38. The van der Waals surface area contributed by atoms with Crippen LogP contribution in [-0.2, 0) is 6.54 Å². The van der Waals surface area contributed by atoms with Crippen LogP contribution in [0.5, 0.6) is 0 Å². The van der Waals surface area contributed by atoms with Gasteiger partial charge in [-0.15, -0.1) is 24.8 Å². The minimum atomic E-state index is -0.489. The number of nitrogens with zero attached hydrogens (tertiary/aromatic N) is 1. The number of nitrogen functional groups attached to an aromatic ring is 1. The van der Waals surface area contributed by atoms with Crippen molar-refractivity contribution in [3.05, 3.63) is 33.9 Å². The Bertz CT molecular complexity index is 320. The van der Waals surface area contributed by atoms with Gasteiger partial charge in [-0.2, -0.15) is 0 Å². The van der Waals surface area contributed by atoms with Crippen molar-refractivity contribution >= 4 is 36.2 Å². The molecule has 7 heteroatoms. The van der Waals surface area contributed by atoms with E-state index in [2.05, 4.69) is 0 Å². The maximum absolute atomic E-state index is 10.3. The van der Waals surface area contributed by atoms with E-state index in [0.717, 1.165) is 5.56 Å². The van der Waals surface area contributed by atoms with Crippen LogP contribution in [-0.4, -0.2) is 4.92 Å². The minimum Gasteiger partial charge on any atom is -0.398 e. The summed E-state index contributed by atoms with van der Waals surface area (Å²) in [5, 5.41) is 10.3. The molecule has 0 unspecified atom stereocenters. The second-order valence-corrected chi connectivity index (χ2v) is 2.34. The van der Waals surface area contributed by atoms with E-state index in [1.54, 1.807) is 6.07 Å². The number of non-ortho nitro benzene ring substituents is 1. The van der Waals surface area contributed by atoms with Crippen molar-refractivity contribution in [2.24, 2.45) is 5.73 Å². The van der Waals surface area contributed by atoms with Crippen LogP contribution < -0.4 is 11.5 Å². The Morgan fingerprint density at radius 1 is 1.36 bits per heavy atom. The van der Waals surface area contributed by atoms with Gasteiger partial charge in [0.05, 0.1) is 4.92 Å². The van der Waals surface area contributed by atoms with Gasteiger partial charge in [-0.25, -0.2) is 0 Å². The second kappa shape index (κ2) is 6.42. The van der Waals surface area contributed by atoms with Crippen molar-refractivity contribution in [3.63, 3.8) is 0 Å². The Labute approximate surface area is 93.4 Å². The summed E-state index contributed by atoms with van der Waals surface area (Å²) in [6.45, 7) is 0.295. The van der Waals surface area contributed by atoms with Crippen LogP contribution in [0.25, 0.3) is 0 Å². The molecule has 0 radical (unpaired) electrons. The number of nitro groups is 1.